The Labute approximate surface area is 232 Å². The standard InChI is InChI=1S/C31H34N2O5S/c1-4-5-9-19-37-25-17-15-24(16-18-25)28-27(30(35)38-21-20-36-3)22(2)32-31-33(28)29(34)26(39-31)14-10-13-23-11-7-6-8-12-23/h6-8,10-18,28H,4-5,9,19-21H2,1-3H3. The number of fused-ring (bicyclic) bond motifs is 1. The number of carbonyl (C=O) groups excluding carboxylic acids is 1. The van der Waals surface area contributed by atoms with Gasteiger partial charge in [0.1, 0.15) is 12.4 Å². The fraction of sp³-hybridized carbons (Fsp3) is 0.323. The molecule has 0 saturated heterocycles. The van der Waals surface area contributed by atoms with Crippen molar-refractivity contribution < 1.29 is 19.0 Å². The SMILES string of the molecule is CCCCCOc1ccc(C2C(C(=O)OCCOC)=C(C)N=c3sc(=CC=Cc4ccccc4)c(=O)n32)cc1. The van der Waals surface area contributed by atoms with E-state index in [9.17, 15) is 9.59 Å². The molecule has 0 saturated carbocycles. The second-order valence-corrected chi connectivity index (χ2v) is 10.1. The number of nitrogens with zero attached hydrogens (tertiary/aromatic N) is 2. The van der Waals surface area contributed by atoms with Crippen molar-refractivity contribution in [2.45, 2.75) is 39.2 Å². The van der Waals surface area contributed by atoms with Crippen LogP contribution >= 0.6 is 11.3 Å². The van der Waals surface area contributed by atoms with Crippen molar-refractivity contribution in [3.63, 3.8) is 0 Å². The first kappa shape index (κ1) is 28.3. The van der Waals surface area contributed by atoms with Crippen LogP contribution in [0.3, 0.4) is 0 Å². The van der Waals surface area contributed by atoms with E-state index < -0.39 is 12.0 Å². The van der Waals surface area contributed by atoms with Gasteiger partial charge in [-0.1, -0.05) is 85.7 Å². The number of benzene rings is 2. The van der Waals surface area contributed by atoms with E-state index in [1.807, 2.05) is 66.7 Å². The van der Waals surface area contributed by atoms with E-state index in [4.69, 9.17) is 14.2 Å². The summed E-state index contributed by atoms with van der Waals surface area (Å²) >= 11 is 1.30. The number of ether oxygens (including phenoxy) is 3. The maximum absolute atomic E-state index is 13.7. The normalized spacial score (nSPS) is 15.4. The Morgan fingerprint density at radius 1 is 1.05 bits per heavy atom. The molecule has 2 heterocycles. The molecule has 0 fully saturated rings. The molecule has 204 valence electrons. The largest absolute Gasteiger partial charge is 0.494 e. The van der Waals surface area contributed by atoms with E-state index in [1.54, 1.807) is 24.7 Å². The summed E-state index contributed by atoms with van der Waals surface area (Å²) in [5, 5.41) is 0. The second kappa shape index (κ2) is 13.9. The summed E-state index contributed by atoms with van der Waals surface area (Å²) in [6.45, 7) is 4.97. The zero-order chi connectivity index (χ0) is 27.6. The average molecular weight is 547 g/mol. The third-order valence-electron chi connectivity index (χ3n) is 6.31. The number of rotatable bonds is 12. The first-order valence-electron chi connectivity index (χ1n) is 13.2. The van der Waals surface area contributed by atoms with E-state index in [2.05, 4.69) is 11.9 Å². The van der Waals surface area contributed by atoms with Crippen molar-refractivity contribution in [3.05, 3.63) is 103 Å². The highest BCUT2D eigenvalue weighted by Gasteiger charge is 2.33. The van der Waals surface area contributed by atoms with Gasteiger partial charge < -0.3 is 14.2 Å². The Bertz CT molecular complexity index is 1500. The molecule has 7 nitrogen and oxygen atoms in total. The van der Waals surface area contributed by atoms with Crippen LogP contribution in [-0.4, -0.2) is 37.5 Å². The summed E-state index contributed by atoms with van der Waals surface area (Å²) in [6, 6.07) is 16.7. The van der Waals surface area contributed by atoms with Gasteiger partial charge in [-0.15, -0.1) is 0 Å². The molecular weight excluding hydrogens is 512 g/mol. The first-order valence-corrected chi connectivity index (χ1v) is 14.0. The Morgan fingerprint density at radius 2 is 1.82 bits per heavy atom. The van der Waals surface area contributed by atoms with E-state index in [1.165, 1.54) is 11.3 Å². The van der Waals surface area contributed by atoms with Crippen molar-refractivity contribution in [3.8, 4) is 5.75 Å². The molecule has 1 aromatic heterocycles. The highest BCUT2D eigenvalue weighted by molar-refractivity contribution is 7.07. The predicted molar refractivity (Wildman–Crippen MR) is 154 cm³/mol. The number of allylic oxidation sites excluding steroid dienone is 2. The molecule has 0 bridgehead atoms. The number of methoxy groups -OCH3 is 1. The van der Waals surface area contributed by atoms with Gasteiger partial charge in [-0.3, -0.25) is 9.36 Å². The molecule has 8 heteroatoms. The Hall–Kier alpha value is -3.75. The highest BCUT2D eigenvalue weighted by atomic mass is 32.1. The Kier molecular flexibility index (Phi) is 10.1. The summed E-state index contributed by atoms with van der Waals surface area (Å²) < 4.78 is 18.5. The van der Waals surface area contributed by atoms with Crippen LogP contribution in [0, 0.1) is 0 Å². The van der Waals surface area contributed by atoms with Crippen LogP contribution in [0.25, 0.3) is 12.2 Å². The molecule has 1 unspecified atom stereocenters. The minimum absolute atomic E-state index is 0.109. The highest BCUT2D eigenvalue weighted by Crippen LogP contribution is 2.31. The predicted octanol–water partition coefficient (Wildman–Crippen LogP) is 4.66. The zero-order valence-corrected chi connectivity index (χ0v) is 23.4. The Balaban J connectivity index is 1.72. The van der Waals surface area contributed by atoms with Crippen LogP contribution in [0.1, 0.15) is 50.3 Å². The molecule has 3 aromatic rings. The van der Waals surface area contributed by atoms with Gasteiger partial charge in [0.2, 0.25) is 0 Å². The molecule has 0 radical (unpaired) electrons. The monoisotopic (exact) mass is 546 g/mol. The summed E-state index contributed by atoms with van der Waals surface area (Å²) in [5.74, 6) is 0.231. The smallest absolute Gasteiger partial charge is 0.338 e. The molecule has 0 spiro atoms. The number of carbonyl (C=O) groups is 1. The van der Waals surface area contributed by atoms with Crippen LogP contribution in [-0.2, 0) is 14.3 Å². The van der Waals surface area contributed by atoms with Crippen LogP contribution in [0.5, 0.6) is 5.75 Å². The molecule has 1 aliphatic heterocycles. The number of aromatic nitrogens is 1. The van der Waals surface area contributed by atoms with E-state index in [-0.39, 0.29) is 18.8 Å². The van der Waals surface area contributed by atoms with Gasteiger partial charge in [0.15, 0.2) is 4.80 Å². The van der Waals surface area contributed by atoms with Gasteiger partial charge >= 0.3 is 5.97 Å². The molecule has 0 aliphatic carbocycles. The maximum atomic E-state index is 13.7. The second-order valence-electron chi connectivity index (χ2n) is 9.13. The van der Waals surface area contributed by atoms with Crippen LogP contribution in [0.15, 0.2) is 81.7 Å². The van der Waals surface area contributed by atoms with Gasteiger partial charge in [-0.05, 0) is 42.7 Å². The molecule has 2 aromatic carbocycles. The lowest BCUT2D eigenvalue weighted by molar-refractivity contribution is -0.140. The van der Waals surface area contributed by atoms with E-state index in [0.29, 0.717) is 27.2 Å². The summed E-state index contributed by atoms with van der Waals surface area (Å²) in [6.07, 6.45) is 8.83. The van der Waals surface area contributed by atoms with Gasteiger partial charge in [0.05, 0.1) is 35.1 Å². The van der Waals surface area contributed by atoms with Crippen molar-refractivity contribution in [2.24, 2.45) is 4.99 Å². The van der Waals surface area contributed by atoms with Gasteiger partial charge in [-0.2, -0.15) is 0 Å². The number of hydrogen-bond acceptors (Lipinski definition) is 7. The van der Waals surface area contributed by atoms with Gasteiger partial charge in [0.25, 0.3) is 5.56 Å². The third-order valence-corrected chi connectivity index (χ3v) is 7.31. The van der Waals surface area contributed by atoms with Crippen molar-refractivity contribution in [1.29, 1.82) is 0 Å². The number of hydrogen-bond donors (Lipinski definition) is 0. The first-order chi connectivity index (χ1) is 19.0. The quantitative estimate of drug-likeness (QED) is 0.244. The van der Waals surface area contributed by atoms with E-state index in [0.717, 1.165) is 36.1 Å². The van der Waals surface area contributed by atoms with Gasteiger partial charge in [0, 0.05) is 7.11 Å². The zero-order valence-electron chi connectivity index (χ0n) is 22.6. The Morgan fingerprint density at radius 3 is 2.54 bits per heavy atom. The van der Waals surface area contributed by atoms with Crippen molar-refractivity contribution in [1.82, 2.24) is 4.57 Å². The van der Waals surface area contributed by atoms with E-state index >= 15 is 0 Å². The summed E-state index contributed by atoms with van der Waals surface area (Å²) in [5.41, 5.74) is 2.46. The lowest BCUT2D eigenvalue weighted by atomic mass is 9.96. The fourth-order valence-electron chi connectivity index (χ4n) is 4.31. The molecule has 1 atom stereocenters. The molecule has 1 aliphatic rings. The van der Waals surface area contributed by atoms with Gasteiger partial charge in [-0.25, -0.2) is 9.79 Å². The minimum atomic E-state index is -0.675. The molecular formula is C31H34N2O5S. The minimum Gasteiger partial charge on any atom is -0.494 e. The number of thiazole rings is 1. The van der Waals surface area contributed by atoms with Crippen LogP contribution in [0.4, 0.5) is 0 Å². The maximum Gasteiger partial charge on any atom is 0.338 e. The van der Waals surface area contributed by atoms with Crippen molar-refractivity contribution in [2.75, 3.05) is 26.9 Å². The van der Waals surface area contributed by atoms with Crippen LogP contribution in [0.2, 0.25) is 0 Å². The topological polar surface area (TPSA) is 79.1 Å². The molecule has 39 heavy (non-hydrogen) atoms. The van der Waals surface area contributed by atoms with Crippen molar-refractivity contribution >= 4 is 29.5 Å². The molecule has 4 rings (SSSR count). The summed E-state index contributed by atoms with van der Waals surface area (Å²) in [7, 11) is 1.55. The molecule has 0 amide bonds. The third kappa shape index (κ3) is 7.02. The van der Waals surface area contributed by atoms with Crippen LogP contribution < -0.4 is 19.6 Å². The fourth-order valence-corrected chi connectivity index (χ4v) is 5.31. The lowest BCUT2D eigenvalue weighted by Gasteiger charge is -2.25. The average Bonchev–Trinajstić information content (AvgIpc) is 3.25. The lowest BCUT2D eigenvalue weighted by Crippen LogP contribution is -2.40. The number of esters is 1. The number of unbranched alkanes of at least 4 members (excludes halogenated alkanes) is 2. The summed E-state index contributed by atoms with van der Waals surface area (Å²) in [4.78, 5) is 32.1. The molecule has 0 N–H and O–H groups in total.